The molecule has 0 spiro atoms. The van der Waals surface area contributed by atoms with Gasteiger partial charge in [-0.15, -0.1) is 0 Å². The molecule has 0 aromatic heterocycles. The van der Waals surface area contributed by atoms with Gasteiger partial charge >= 0.3 is 6.18 Å². The maximum atomic E-state index is 12.5. The minimum Gasteiger partial charge on any atom is -0.389 e. The van der Waals surface area contributed by atoms with Crippen molar-refractivity contribution in [3.63, 3.8) is 0 Å². The Morgan fingerprint density at radius 3 is 1.76 bits per heavy atom. The van der Waals surface area contributed by atoms with Gasteiger partial charge in [-0.25, -0.2) is 0 Å². The molecule has 0 heterocycles. The van der Waals surface area contributed by atoms with E-state index in [-0.39, 0.29) is 0 Å². The first-order valence-corrected chi connectivity index (χ1v) is 6.69. The third-order valence-electron chi connectivity index (χ3n) is 3.29. The molecule has 0 saturated carbocycles. The monoisotopic (exact) mass is 294 g/mol. The highest BCUT2D eigenvalue weighted by Gasteiger charge is 2.30. The van der Waals surface area contributed by atoms with Gasteiger partial charge in [0.15, 0.2) is 0 Å². The Bertz CT molecular complexity index is 571. The van der Waals surface area contributed by atoms with E-state index in [9.17, 15) is 18.3 Å². The molecule has 1 nitrogen and oxygen atoms in total. The van der Waals surface area contributed by atoms with Crippen LogP contribution in [0.2, 0.25) is 0 Å². The van der Waals surface area contributed by atoms with Crippen LogP contribution in [0.4, 0.5) is 13.2 Å². The number of benzene rings is 2. The number of hydrogen-bond donors (Lipinski definition) is 1. The molecule has 0 bridgehead atoms. The van der Waals surface area contributed by atoms with Crippen LogP contribution in [-0.2, 0) is 19.0 Å². The second-order valence-corrected chi connectivity index (χ2v) is 5.53. The topological polar surface area (TPSA) is 20.2 Å². The van der Waals surface area contributed by atoms with Gasteiger partial charge in [-0.2, -0.15) is 13.2 Å². The summed E-state index contributed by atoms with van der Waals surface area (Å²) in [6.45, 7) is 1.69. The van der Waals surface area contributed by atoms with Gasteiger partial charge in [0.05, 0.1) is 11.2 Å². The molecule has 21 heavy (non-hydrogen) atoms. The first-order valence-electron chi connectivity index (χ1n) is 6.69. The highest BCUT2D eigenvalue weighted by molar-refractivity contribution is 5.26. The summed E-state index contributed by atoms with van der Waals surface area (Å²) < 4.78 is 37.5. The smallest absolute Gasteiger partial charge is 0.389 e. The Hall–Kier alpha value is -1.81. The lowest BCUT2D eigenvalue weighted by Gasteiger charge is -2.23. The second kappa shape index (κ2) is 5.90. The molecular formula is C17H17F3O. The highest BCUT2D eigenvalue weighted by atomic mass is 19.4. The van der Waals surface area contributed by atoms with E-state index in [0.717, 1.165) is 17.7 Å². The van der Waals surface area contributed by atoms with Crippen LogP contribution in [0.5, 0.6) is 0 Å². The minimum atomic E-state index is -4.33. The Morgan fingerprint density at radius 1 is 0.810 bits per heavy atom. The van der Waals surface area contributed by atoms with Crippen molar-refractivity contribution in [3.8, 4) is 0 Å². The van der Waals surface area contributed by atoms with E-state index >= 15 is 0 Å². The molecule has 1 atom stereocenters. The fraction of sp³-hybridized carbons (Fsp3) is 0.294. The molecule has 0 aliphatic carbocycles. The zero-order chi connectivity index (χ0) is 15.5. The third kappa shape index (κ3) is 4.60. The predicted molar refractivity (Wildman–Crippen MR) is 75.9 cm³/mol. The van der Waals surface area contributed by atoms with Gasteiger partial charge in [0.25, 0.3) is 0 Å². The van der Waals surface area contributed by atoms with Crippen molar-refractivity contribution in [2.75, 3.05) is 0 Å². The summed E-state index contributed by atoms with van der Waals surface area (Å²) in [5.41, 5.74) is 0.00785. The second-order valence-electron chi connectivity index (χ2n) is 5.53. The number of aliphatic hydroxyl groups is 1. The van der Waals surface area contributed by atoms with Gasteiger partial charge in [0.1, 0.15) is 0 Å². The molecule has 0 aliphatic rings. The van der Waals surface area contributed by atoms with Crippen LogP contribution in [0, 0.1) is 0 Å². The molecule has 0 fully saturated rings. The highest BCUT2D eigenvalue weighted by Crippen LogP contribution is 2.29. The molecule has 0 saturated heterocycles. The molecule has 1 unspecified atom stereocenters. The molecule has 2 rings (SSSR count). The van der Waals surface area contributed by atoms with Crippen molar-refractivity contribution in [2.45, 2.75) is 31.5 Å². The van der Waals surface area contributed by atoms with Crippen molar-refractivity contribution in [1.82, 2.24) is 0 Å². The summed E-state index contributed by atoms with van der Waals surface area (Å²) in [6, 6.07) is 14.5. The van der Waals surface area contributed by atoms with Crippen molar-refractivity contribution in [3.05, 3.63) is 71.3 Å². The summed E-state index contributed by atoms with van der Waals surface area (Å²) in [4.78, 5) is 0. The molecule has 2 aromatic carbocycles. The number of alkyl halides is 3. The lowest BCUT2D eigenvalue weighted by atomic mass is 9.89. The Kier molecular flexibility index (Phi) is 4.37. The fourth-order valence-electron chi connectivity index (χ4n) is 2.35. The van der Waals surface area contributed by atoms with E-state index in [1.165, 1.54) is 12.1 Å². The van der Waals surface area contributed by atoms with Crippen LogP contribution in [-0.4, -0.2) is 10.7 Å². The van der Waals surface area contributed by atoms with E-state index in [2.05, 4.69) is 0 Å². The lowest BCUT2D eigenvalue weighted by Crippen LogP contribution is -2.30. The van der Waals surface area contributed by atoms with Crippen molar-refractivity contribution >= 4 is 0 Å². The number of halogens is 3. The first kappa shape index (κ1) is 15.6. The summed E-state index contributed by atoms with van der Waals surface area (Å²) in [5, 5.41) is 10.4. The molecule has 1 N–H and O–H groups in total. The van der Waals surface area contributed by atoms with Crippen LogP contribution in [0.1, 0.15) is 23.6 Å². The van der Waals surface area contributed by atoms with E-state index < -0.39 is 17.3 Å². The van der Waals surface area contributed by atoms with Gasteiger partial charge in [0.2, 0.25) is 0 Å². The average Bonchev–Trinajstić information content (AvgIpc) is 2.38. The van der Waals surface area contributed by atoms with Crippen molar-refractivity contribution < 1.29 is 18.3 Å². The van der Waals surface area contributed by atoms with E-state index in [1.807, 2.05) is 30.3 Å². The summed E-state index contributed by atoms with van der Waals surface area (Å²) in [6.07, 6.45) is -3.57. The molecular weight excluding hydrogens is 277 g/mol. The van der Waals surface area contributed by atoms with Crippen molar-refractivity contribution in [2.24, 2.45) is 0 Å². The van der Waals surface area contributed by atoms with Gasteiger partial charge in [-0.05, 0) is 30.2 Å². The standard InChI is InChI=1S/C17H17F3O/c1-16(21,11-13-5-3-2-4-6-13)12-14-7-9-15(10-8-14)17(18,19)20/h2-10,21H,11-12H2,1H3. The van der Waals surface area contributed by atoms with Gasteiger partial charge in [0, 0.05) is 12.8 Å². The Labute approximate surface area is 122 Å². The summed E-state index contributed by atoms with van der Waals surface area (Å²) in [5.74, 6) is 0. The SMILES string of the molecule is CC(O)(Cc1ccccc1)Cc1ccc(C(F)(F)F)cc1. The lowest BCUT2D eigenvalue weighted by molar-refractivity contribution is -0.137. The number of hydrogen-bond acceptors (Lipinski definition) is 1. The van der Waals surface area contributed by atoms with Crippen LogP contribution >= 0.6 is 0 Å². The van der Waals surface area contributed by atoms with E-state index in [1.54, 1.807) is 6.92 Å². The third-order valence-corrected chi connectivity index (χ3v) is 3.29. The van der Waals surface area contributed by atoms with Gasteiger partial charge < -0.3 is 5.11 Å². The molecule has 4 heteroatoms. The van der Waals surface area contributed by atoms with Crippen molar-refractivity contribution in [1.29, 1.82) is 0 Å². The fourth-order valence-corrected chi connectivity index (χ4v) is 2.35. The minimum absolute atomic E-state index is 0.306. The van der Waals surface area contributed by atoms with Crippen LogP contribution in [0.25, 0.3) is 0 Å². The molecule has 0 radical (unpaired) electrons. The zero-order valence-electron chi connectivity index (χ0n) is 11.7. The van der Waals surface area contributed by atoms with Gasteiger partial charge in [-0.3, -0.25) is 0 Å². The molecule has 0 aliphatic heterocycles. The summed E-state index contributed by atoms with van der Waals surface area (Å²) >= 11 is 0. The maximum Gasteiger partial charge on any atom is 0.416 e. The Balaban J connectivity index is 2.06. The zero-order valence-corrected chi connectivity index (χ0v) is 11.7. The van der Waals surface area contributed by atoms with Crippen LogP contribution in [0.15, 0.2) is 54.6 Å². The molecule has 112 valence electrons. The molecule has 0 amide bonds. The number of rotatable bonds is 4. The van der Waals surface area contributed by atoms with E-state index in [0.29, 0.717) is 18.4 Å². The summed E-state index contributed by atoms with van der Waals surface area (Å²) in [7, 11) is 0. The first-order chi connectivity index (χ1) is 9.76. The predicted octanol–water partition coefficient (Wildman–Crippen LogP) is 4.24. The largest absolute Gasteiger partial charge is 0.416 e. The van der Waals surface area contributed by atoms with Gasteiger partial charge in [-0.1, -0.05) is 42.5 Å². The van der Waals surface area contributed by atoms with E-state index in [4.69, 9.17) is 0 Å². The molecule has 2 aromatic rings. The maximum absolute atomic E-state index is 12.5. The van der Waals surface area contributed by atoms with Crippen LogP contribution < -0.4 is 0 Å². The van der Waals surface area contributed by atoms with Crippen LogP contribution in [0.3, 0.4) is 0 Å². The normalized spacial score (nSPS) is 14.7. The quantitative estimate of drug-likeness (QED) is 0.894. The Morgan fingerprint density at radius 2 is 1.29 bits per heavy atom. The average molecular weight is 294 g/mol.